The molecule has 0 fully saturated rings. The Bertz CT molecular complexity index is 606. The van der Waals surface area contributed by atoms with Crippen LogP contribution < -0.4 is 10.6 Å². The number of nitrogens with zero attached hydrogens (tertiary/aromatic N) is 2. The molecule has 106 valence electrons. The average molecular weight is 353 g/mol. The smallest absolute Gasteiger partial charge is 0.171 e. The van der Waals surface area contributed by atoms with E-state index in [0.29, 0.717) is 5.11 Å². The molecule has 1 aromatic carbocycles. The van der Waals surface area contributed by atoms with E-state index in [1.54, 1.807) is 0 Å². The summed E-state index contributed by atoms with van der Waals surface area (Å²) in [7, 11) is 1.92. The van der Waals surface area contributed by atoms with E-state index in [1.807, 2.05) is 49.1 Å². The Morgan fingerprint density at radius 3 is 2.55 bits per heavy atom. The lowest BCUT2D eigenvalue weighted by Crippen LogP contribution is -2.31. The molecule has 20 heavy (non-hydrogen) atoms. The summed E-state index contributed by atoms with van der Waals surface area (Å²) in [4.78, 5) is 0. The van der Waals surface area contributed by atoms with E-state index in [9.17, 15) is 0 Å². The standard InChI is InChI=1S/C14H17BrN4S/c1-9(13-8-19(3)18-10(13)2)16-14(20)17-12-6-4-11(15)5-7-12/h4-9H,1-3H3,(H2,16,17,20)/t9-/m1/s1. The number of hydrogen-bond donors (Lipinski definition) is 2. The molecule has 0 aliphatic heterocycles. The third kappa shape index (κ3) is 3.80. The summed E-state index contributed by atoms with van der Waals surface area (Å²) in [6.45, 7) is 4.07. The maximum atomic E-state index is 5.33. The largest absolute Gasteiger partial charge is 0.356 e. The summed E-state index contributed by atoms with van der Waals surface area (Å²) >= 11 is 8.74. The molecule has 0 saturated carbocycles. The molecule has 0 aliphatic carbocycles. The van der Waals surface area contributed by atoms with Gasteiger partial charge in [0, 0.05) is 29.0 Å². The first kappa shape index (κ1) is 15.0. The molecule has 6 heteroatoms. The van der Waals surface area contributed by atoms with Gasteiger partial charge in [0.05, 0.1) is 11.7 Å². The predicted octanol–water partition coefficient (Wildman–Crippen LogP) is 3.54. The highest BCUT2D eigenvalue weighted by atomic mass is 79.9. The number of rotatable bonds is 3. The van der Waals surface area contributed by atoms with Crippen molar-refractivity contribution in [3.63, 3.8) is 0 Å². The quantitative estimate of drug-likeness (QED) is 0.829. The number of nitrogens with one attached hydrogen (secondary N) is 2. The summed E-state index contributed by atoms with van der Waals surface area (Å²) in [6, 6.07) is 7.99. The highest BCUT2D eigenvalue weighted by Gasteiger charge is 2.12. The second kappa shape index (κ2) is 6.37. The Balaban J connectivity index is 1.97. The van der Waals surface area contributed by atoms with Gasteiger partial charge in [0.15, 0.2) is 5.11 Å². The van der Waals surface area contributed by atoms with Gasteiger partial charge in [0.2, 0.25) is 0 Å². The van der Waals surface area contributed by atoms with Gasteiger partial charge in [-0.05, 0) is 50.3 Å². The van der Waals surface area contributed by atoms with Crippen LogP contribution in [-0.2, 0) is 7.05 Å². The molecule has 0 aliphatic rings. The highest BCUT2D eigenvalue weighted by Crippen LogP contribution is 2.17. The topological polar surface area (TPSA) is 41.9 Å². The van der Waals surface area contributed by atoms with Crippen LogP contribution in [0.15, 0.2) is 34.9 Å². The number of anilines is 1. The van der Waals surface area contributed by atoms with Crippen molar-refractivity contribution in [2.24, 2.45) is 7.05 Å². The van der Waals surface area contributed by atoms with Crippen molar-refractivity contribution in [1.82, 2.24) is 15.1 Å². The second-order valence-electron chi connectivity index (χ2n) is 4.67. The maximum Gasteiger partial charge on any atom is 0.171 e. The van der Waals surface area contributed by atoms with Crippen LogP contribution in [0.2, 0.25) is 0 Å². The predicted molar refractivity (Wildman–Crippen MR) is 89.9 cm³/mol. The van der Waals surface area contributed by atoms with E-state index in [1.165, 1.54) is 0 Å². The van der Waals surface area contributed by atoms with Crippen molar-refractivity contribution >= 4 is 38.9 Å². The number of halogens is 1. The first-order valence-corrected chi connectivity index (χ1v) is 7.49. The Hall–Kier alpha value is -1.40. The zero-order valence-corrected chi connectivity index (χ0v) is 14.0. The molecule has 4 nitrogen and oxygen atoms in total. The first-order valence-electron chi connectivity index (χ1n) is 6.29. The van der Waals surface area contributed by atoms with E-state index < -0.39 is 0 Å². The van der Waals surface area contributed by atoms with Gasteiger partial charge >= 0.3 is 0 Å². The van der Waals surface area contributed by atoms with Crippen LogP contribution in [0, 0.1) is 6.92 Å². The zero-order chi connectivity index (χ0) is 14.7. The first-order chi connectivity index (χ1) is 9.45. The van der Waals surface area contributed by atoms with E-state index >= 15 is 0 Å². The molecule has 0 unspecified atom stereocenters. The summed E-state index contributed by atoms with van der Waals surface area (Å²) in [5.74, 6) is 0. The SMILES string of the molecule is Cc1nn(C)cc1[C@@H](C)NC(=S)Nc1ccc(Br)cc1. The van der Waals surface area contributed by atoms with Gasteiger partial charge in [-0.3, -0.25) is 4.68 Å². The molecular weight excluding hydrogens is 336 g/mol. The number of aryl methyl sites for hydroxylation is 2. The fraction of sp³-hybridized carbons (Fsp3) is 0.286. The molecule has 0 amide bonds. The van der Waals surface area contributed by atoms with Crippen LogP contribution in [0.5, 0.6) is 0 Å². The van der Waals surface area contributed by atoms with Crippen molar-refractivity contribution in [2.75, 3.05) is 5.32 Å². The molecule has 0 bridgehead atoms. The monoisotopic (exact) mass is 352 g/mol. The molecule has 2 rings (SSSR count). The lowest BCUT2D eigenvalue weighted by Gasteiger charge is -2.16. The number of benzene rings is 1. The minimum absolute atomic E-state index is 0.110. The minimum Gasteiger partial charge on any atom is -0.356 e. The summed E-state index contributed by atoms with van der Waals surface area (Å²) in [5.41, 5.74) is 3.12. The molecule has 1 heterocycles. The Labute approximate surface area is 132 Å². The molecule has 1 atom stereocenters. The fourth-order valence-corrected chi connectivity index (χ4v) is 2.58. The van der Waals surface area contributed by atoms with Gasteiger partial charge < -0.3 is 10.6 Å². The Morgan fingerprint density at radius 1 is 1.35 bits per heavy atom. The lowest BCUT2D eigenvalue weighted by molar-refractivity contribution is 0.715. The van der Waals surface area contributed by atoms with E-state index in [2.05, 4.69) is 38.6 Å². The van der Waals surface area contributed by atoms with Gasteiger partial charge in [-0.2, -0.15) is 5.10 Å². The van der Waals surface area contributed by atoms with Crippen molar-refractivity contribution in [3.8, 4) is 0 Å². The fourth-order valence-electron chi connectivity index (χ4n) is 2.02. The van der Waals surface area contributed by atoms with Gasteiger partial charge in [0.1, 0.15) is 0 Å². The summed E-state index contributed by atoms with van der Waals surface area (Å²) < 4.78 is 2.86. The summed E-state index contributed by atoms with van der Waals surface area (Å²) in [6.07, 6.45) is 2.01. The zero-order valence-electron chi connectivity index (χ0n) is 11.6. The molecule has 1 aromatic heterocycles. The molecule has 0 radical (unpaired) electrons. The molecular formula is C14H17BrN4S. The van der Waals surface area contributed by atoms with Crippen molar-refractivity contribution < 1.29 is 0 Å². The lowest BCUT2D eigenvalue weighted by atomic mass is 10.1. The molecule has 2 aromatic rings. The van der Waals surface area contributed by atoms with Crippen molar-refractivity contribution in [1.29, 1.82) is 0 Å². The van der Waals surface area contributed by atoms with E-state index in [4.69, 9.17) is 12.2 Å². The average Bonchev–Trinajstić information content (AvgIpc) is 2.71. The molecule has 0 spiro atoms. The Kier molecular flexibility index (Phi) is 4.77. The normalized spacial score (nSPS) is 12.0. The third-order valence-corrected chi connectivity index (χ3v) is 3.72. The van der Waals surface area contributed by atoms with Crippen LogP contribution in [0.4, 0.5) is 5.69 Å². The second-order valence-corrected chi connectivity index (χ2v) is 5.99. The van der Waals surface area contributed by atoms with Gasteiger partial charge in [-0.15, -0.1) is 0 Å². The summed E-state index contributed by atoms with van der Waals surface area (Å²) in [5, 5.41) is 11.4. The van der Waals surface area contributed by atoms with Crippen LogP contribution in [0.25, 0.3) is 0 Å². The van der Waals surface area contributed by atoms with Gasteiger partial charge in [-0.25, -0.2) is 0 Å². The maximum absolute atomic E-state index is 5.33. The van der Waals surface area contributed by atoms with Crippen LogP contribution in [0.1, 0.15) is 24.2 Å². The highest BCUT2D eigenvalue weighted by molar-refractivity contribution is 9.10. The third-order valence-electron chi connectivity index (χ3n) is 2.97. The van der Waals surface area contributed by atoms with E-state index in [-0.39, 0.29) is 6.04 Å². The molecule has 0 saturated heterocycles. The van der Waals surface area contributed by atoms with Crippen LogP contribution in [-0.4, -0.2) is 14.9 Å². The van der Waals surface area contributed by atoms with Crippen molar-refractivity contribution in [3.05, 3.63) is 46.2 Å². The number of thiocarbonyl (C=S) groups is 1. The van der Waals surface area contributed by atoms with Gasteiger partial charge in [0.25, 0.3) is 0 Å². The number of hydrogen-bond acceptors (Lipinski definition) is 2. The van der Waals surface area contributed by atoms with Gasteiger partial charge in [-0.1, -0.05) is 15.9 Å². The molecule has 2 N–H and O–H groups in total. The van der Waals surface area contributed by atoms with Crippen molar-refractivity contribution in [2.45, 2.75) is 19.9 Å². The van der Waals surface area contributed by atoms with Crippen LogP contribution >= 0.6 is 28.1 Å². The van der Waals surface area contributed by atoms with E-state index in [0.717, 1.165) is 21.4 Å². The van der Waals surface area contributed by atoms with Crippen LogP contribution in [0.3, 0.4) is 0 Å². The number of aromatic nitrogens is 2. The Morgan fingerprint density at radius 2 is 2.00 bits per heavy atom. The minimum atomic E-state index is 0.110.